The molecule has 1 N–H and O–H groups in total. The van der Waals surface area contributed by atoms with Gasteiger partial charge in [0.2, 0.25) is 0 Å². The van der Waals surface area contributed by atoms with Crippen molar-refractivity contribution >= 4 is 50.1 Å². The Morgan fingerprint density at radius 1 is 1.06 bits per heavy atom. The lowest BCUT2D eigenvalue weighted by molar-refractivity contribution is -0.137. The lowest BCUT2D eigenvalue weighted by atomic mass is 10.3. The van der Waals surface area contributed by atoms with Crippen molar-refractivity contribution in [3.63, 3.8) is 0 Å². The molecule has 3 aromatic heterocycles. The smallest absolute Gasteiger partial charge is 0.354 e. The fraction of sp³-hybridized carbons (Fsp3) is 0.150. The first-order valence-electron chi connectivity index (χ1n) is 9.54. The van der Waals surface area contributed by atoms with E-state index in [9.17, 15) is 26.4 Å². The molecule has 0 bridgehead atoms. The van der Waals surface area contributed by atoms with Crippen LogP contribution in [0.15, 0.2) is 58.5 Å². The van der Waals surface area contributed by atoms with E-state index in [1.807, 2.05) is 0 Å². The van der Waals surface area contributed by atoms with E-state index in [4.69, 9.17) is 23.2 Å². The molecule has 0 radical (unpaired) electrons. The van der Waals surface area contributed by atoms with Gasteiger partial charge in [-0.05, 0) is 36.4 Å². The van der Waals surface area contributed by atoms with Crippen molar-refractivity contribution in [2.75, 3.05) is 11.1 Å². The summed E-state index contributed by atoms with van der Waals surface area (Å²) < 4.78 is 66.1. The van der Waals surface area contributed by atoms with Crippen molar-refractivity contribution in [1.82, 2.24) is 19.2 Å². The number of fused-ring (bicyclic) bond motifs is 1. The third kappa shape index (κ3) is 4.61. The molecular formula is C20H14Cl2F3N5O3S. The molecule has 8 nitrogen and oxygen atoms in total. The molecule has 0 saturated heterocycles. The van der Waals surface area contributed by atoms with Crippen LogP contribution in [0.3, 0.4) is 0 Å². The minimum absolute atomic E-state index is 0.115. The molecule has 1 aromatic carbocycles. The normalized spacial score (nSPS) is 12.3. The fourth-order valence-electron chi connectivity index (χ4n) is 3.12. The molecule has 4 aromatic rings. The fourth-order valence-corrected chi connectivity index (χ4v) is 4.68. The Hall–Kier alpha value is -3.09. The second-order valence-electron chi connectivity index (χ2n) is 7.07. The van der Waals surface area contributed by atoms with Gasteiger partial charge in [0.15, 0.2) is 21.3 Å². The van der Waals surface area contributed by atoms with E-state index in [2.05, 4.69) is 15.4 Å². The first-order chi connectivity index (χ1) is 15.9. The van der Waals surface area contributed by atoms with Crippen molar-refractivity contribution in [3.05, 3.63) is 74.9 Å². The van der Waals surface area contributed by atoms with E-state index in [-0.39, 0.29) is 27.8 Å². The molecule has 3 heterocycles. The molecule has 14 heteroatoms. The molecule has 0 unspecified atom stereocenters. The largest absolute Gasteiger partial charge is 0.417 e. The lowest BCUT2D eigenvalue weighted by Crippen LogP contribution is -2.23. The number of rotatable bonds is 5. The lowest BCUT2D eigenvalue weighted by Gasteiger charge is -2.12. The zero-order valence-electron chi connectivity index (χ0n) is 17.1. The molecular weight excluding hydrogens is 518 g/mol. The van der Waals surface area contributed by atoms with Gasteiger partial charge in [0, 0.05) is 21.9 Å². The van der Waals surface area contributed by atoms with E-state index >= 15 is 0 Å². The van der Waals surface area contributed by atoms with Crippen LogP contribution in [-0.2, 0) is 16.0 Å². The van der Waals surface area contributed by atoms with Crippen LogP contribution in [0.1, 0.15) is 12.5 Å². The second kappa shape index (κ2) is 8.60. The number of halogens is 5. The van der Waals surface area contributed by atoms with Crippen LogP contribution in [0, 0.1) is 0 Å². The van der Waals surface area contributed by atoms with E-state index in [0.717, 1.165) is 12.1 Å². The van der Waals surface area contributed by atoms with Gasteiger partial charge >= 0.3 is 11.9 Å². The average molecular weight is 532 g/mol. The molecule has 0 aliphatic heterocycles. The number of nitrogens with zero attached hydrogens (tertiary/aromatic N) is 4. The summed E-state index contributed by atoms with van der Waals surface area (Å²) in [6.07, 6.45) is -2.84. The number of anilines is 2. The SMILES string of the molecule is CCS(=O)(=O)c1cc(Nc2cc(Cl)cc(Cl)c2)cnc1-n1nc2ccc(C(F)(F)F)cn2c1=O. The van der Waals surface area contributed by atoms with Crippen molar-refractivity contribution < 1.29 is 21.6 Å². The van der Waals surface area contributed by atoms with Gasteiger partial charge in [-0.25, -0.2) is 22.6 Å². The summed E-state index contributed by atoms with van der Waals surface area (Å²) in [6, 6.07) is 7.65. The second-order valence-corrected chi connectivity index (χ2v) is 10.2. The number of alkyl halides is 3. The number of pyridine rings is 2. The number of nitrogens with one attached hydrogen (secondary N) is 1. The Balaban J connectivity index is 1.87. The summed E-state index contributed by atoms with van der Waals surface area (Å²) >= 11 is 12.0. The maximum Gasteiger partial charge on any atom is 0.417 e. The van der Waals surface area contributed by atoms with Crippen molar-refractivity contribution in [2.24, 2.45) is 0 Å². The Bertz CT molecular complexity index is 1560. The van der Waals surface area contributed by atoms with Gasteiger partial charge in [0.05, 0.1) is 23.2 Å². The van der Waals surface area contributed by atoms with Crippen LogP contribution in [0.25, 0.3) is 11.5 Å². The zero-order chi connectivity index (χ0) is 24.8. The first-order valence-corrected chi connectivity index (χ1v) is 11.9. The summed E-state index contributed by atoms with van der Waals surface area (Å²) in [5.41, 5.74) is -1.49. The van der Waals surface area contributed by atoms with E-state index in [1.165, 1.54) is 25.3 Å². The summed E-state index contributed by atoms with van der Waals surface area (Å²) in [4.78, 5) is 16.6. The van der Waals surface area contributed by atoms with Crippen molar-refractivity contribution in [2.45, 2.75) is 18.0 Å². The van der Waals surface area contributed by atoms with Gasteiger partial charge in [-0.2, -0.15) is 17.9 Å². The van der Waals surface area contributed by atoms with Gasteiger partial charge in [-0.3, -0.25) is 0 Å². The predicted octanol–water partition coefficient (Wildman–Crippen LogP) is 4.74. The highest BCUT2D eigenvalue weighted by Gasteiger charge is 2.31. The number of aromatic nitrogens is 4. The van der Waals surface area contributed by atoms with Crippen molar-refractivity contribution in [1.29, 1.82) is 0 Å². The Labute approximate surface area is 200 Å². The minimum Gasteiger partial charge on any atom is -0.354 e. The van der Waals surface area contributed by atoms with E-state index in [0.29, 0.717) is 31.0 Å². The van der Waals surface area contributed by atoms with Gasteiger partial charge < -0.3 is 5.32 Å². The first kappa shape index (κ1) is 24.0. The standard InChI is InChI=1S/C20H14Cl2F3N5O3S/c1-2-34(32,33)16-8-15(27-14-6-12(21)5-13(22)7-14)9-26-18(16)30-19(31)29-10-11(20(23,24)25)3-4-17(29)28-30/h3-10,27H,2H2,1H3. The third-order valence-corrected chi connectivity index (χ3v) is 6.91. The van der Waals surface area contributed by atoms with Gasteiger partial charge in [0.1, 0.15) is 4.90 Å². The molecule has 178 valence electrons. The monoisotopic (exact) mass is 531 g/mol. The van der Waals surface area contributed by atoms with E-state index < -0.39 is 27.3 Å². The molecule has 0 aliphatic rings. The summed E-state index contributed by atoms with van der Waals surface area (Å²) in [6.45, 7) is 1.40. The summed E-state index contributed by atoms with van der Waals surface area (Å²) in [5, 5.41) is 7.59. The highest BCUT2D eigenvalue weighted by atomic mass is 35.5. The molecule has 0 saturated carbocycles. The van der Waals surface area contributed by atoms with Crippen LogP contribution in [-0.4, -0.2) is 33.3 Å². The Morgan fingerprint density at radius 2 is 1.74 bits per heavy atom. The highest BCUT2D eigenvalue weighted by Crippen LogP contribution is 2.30. The van der Waals surface area contributed by atoms with Gasteiger partial charge in [-0.1, -0.05) is 30.1 Å². The van der Waals surface area contributed by atoms with Crippen LogP contribution in [0.2, 0.25) is 10.0 Å². The zero-order valence-corrected chi connectivity index (χ0v) is 19.5. The molecule has 4 rings (SSSR count). The van der Waals surface area contributed by atoms with Gasteiger partial charge in [-0.15, -0.1) is 5.10 Å². The maximum absolute atomic E-state index is 13.1. The summed E-state index contributed by atoms with van der Waals surface area (Å²) in [7, 11) is -3.94. The Morgan fingerprint density at radius 3 is 2.35 bits per heavy atom. The number of sulfone groups is 1. The van der Waals surface area contributed by atoms with Crippen molar-refractivity contribution in [3.8, 4) is 5.82 Å². The van der Waals surface area contributed by atoms with Crippen LogP contribution in [0.5, 0.6) is 0 Å². The van der Waals surface area contributed by atoms with Crippen LogP contribution < -0.4 is 11.0 Å². The predicted molar refractivity (Wildman–Crippen MR) is 121 cm³/mol. The average Bonchev–Trinajstić information content (AvgIpc) is 3.08. The number of hydrogen-bond acceptors (Lipinski definition) is 6. The van der Waals surface area contributed by atoms with Gasteiger partial charge in [0.25, 0.3) is 0 Å². The quantitative estimate of drug-likeness (QED) is 0.399. The van der Waals surface area contributed by atoms with Crippen LogP contribution in [0.4, 0.5) is 24.5 Å². The number of benzene rings is 1. The minimum atomic E-state index is -4.68. The number of hydrogen-bond donors (Lipinski definition) is 1. The van der Waals surface area contributed by atoms with Crippen LogP contribution >= 0.6 is 23.2 Å². The molecule has 0 fully saturated rings. The maximum atomic E-state index is 13.1. The topological polar surface area (TPSA) is 98.4 Å². The molecule has 0 spiro atoms. The summed E-state index contributed by atoms with van der Waals surface area (Å²) in [5.74, 6) is -0.673. The van der Waals surface area contributed by atoms with E-state index in [1.54, 1.807) is 12.1 Å². The molecule has 0 amide bonds. The molecule has 34 heavy (non-hydrogen) atoms. The molecule has 0 atom stereocenters. The molecule has 0 aliphatic carbocycles. The Kier molecular flexibility index (Phi) is 6.08. The highest BCUT2D eigenvalue weighted by molar-refractivity contribution is 7.91. The third-order valence-electron chi connectivity index (χ3n) is 4.74.